The first-order valence-electron chi connectivity index (χ1n) is 13.8. The standard InChI is InChI=1S/C17H15Cl2FN2O.C7H13NO.C6H12/c18-10-4-5-11(16(6-10)22-9-23)13-7-21-8-14(13)12-2-1-3-15(19)17(12)20;9-6-8-7-4-2-1-3-5-7;1-6-4-2-3-5-6/h1-6,9,13-14,21H,7-8H2,(H,22,23);6-7H,1-5H2,(H,8,9);6H,2-5H2,1H3. The van der Waals surface area contributed by atoms with Gasteiger partial charge in [0.05, 0.1) is 5.02 Å². The van der Waals surface area contributed by atoms with Gasteiger partial charge in [0.25, 0.3) is 0 Å². The van der Waals surface area contributed by atoms with Crippen LogP contribution in [-0.4, -0.2) is 32.0 Å². The second-order valence-corrected chi connectivity index (χ2v) is 11.4. The number of carbonyl (C=O) groups is 2. The van der Waals surface area contributed by atoms with E-state index in [2.05, 4.69) is 22.9 Å². The van der Waals surface area contributed by atoms with Crippen LogP contribution in [0, 0.1) is 11.7 Å². The second-order valence-electron chi connectivity index (χ2n) is 10.5. The van der Waals surface area contributed by atoms with Crippen LogP contribution >= 0.6 is 23.2 Å². The summed E-state index contributed by atoms with van der Waals surface area (Å²) in [5.74, 6) is 0.612. The maximum atomic E-state index is 14.4. The molecule has 208 valence electrons. The van der Waals surface area contributed by atoms with Crippen molar-refractivity contribution in [3.63, 3.8) is 0 Å². The van der Waals surface area contributed by atoms with Gasteiger partial charge in [-0.05, 0) is 48.1 Å². The summed E-state index contributed by atoms with van der Waals surface area (Å²) < 4.78 is 14.4. The zero-order valence-corrected chi connectivity index (χ0v) is 23.7. The van der Waals surface area contributed by atoms with Gasteiger partial charge in [-0.15, -0.1) is 0 Å². The van der Waals surface area contributed by atoms with Gasteiger partial charge in [-0.3, -0.25) is 9.59 Å². The Morgan fingerprint density at radius 2 is 1.53 bits per heavy atom. The van der Waals surface area contributed by atoms with Gasteiger partial charge < -0.3 is 16.0 Å². The van der Waals surface area contributed by atoms with Crippen molar-refractivity contribution in [2.24, 2.45) is 5.92 Å². The Morgan fingerprint density at radius 1 is 0.868 bits per heavy atom. The molecule has 8 heteroatoms. The van der Waals surface area contributed by atoms with Crippen molar-refractivity contribution in [1.82, 2.24) is 10.6 Å². The molecule has 5 rings (SSSR count). The Morgan fingerprint density at radius 3 is 2.13 bits per heavy atom. The first-order chi connectivity index (χ1) is 18.4. The molecule has 0 bridgehead atoms. The van der Waals surface area contributed by atoms with E-state index in [0.29, 0.717) is 41.8 Å². The number of amides is 2. The fraction of sp³-hybridized carbons (Fsp3) is 0.533. The summed E-state index contributed by atoms with van der Waals surface area (Å²) in [7, 11) is 0. The van der Waals surface area contributed by atoms with Gasteiger partial charge >= 0.3 is 0 Å². The fourth-order valence-corrected chi connectivity index (χ4v) is 6.03. The van der Waals surface area contributed by atoms with Crippen molar-refractivity contribution >= 4 is 41.7 Å². The SMILES string of the molecule is CC1CCCC1.O=CNC1CCCCC1.O=CNc1cc(Cl)ccc1C1CNCC1c1cccc(Cl)c1F. The van der Waals surface area contributed by atoms with Gasteiger partial charge in [0, 0.05) is 41.7 Å². The molecule has 3 aliphatic rings. The molecule has 2 unspecified atom stereocenters. The molecule has 2 atom stereocenters. The summed E-state index contributed by atoms with van der Waals surface area (Å²) >= 11 is 11.9. The normalized spacial score (nSPS) is 21.5. The Balaban J connectivity index is 0.000000216. The Bertz CT molecular complexity index is 1030. The van der Waals surface area contributed by atoms with Gasteiger partial charge in [-0.1, -0.05) is 93.3 Å². The molecule has 1 saturated heterocycles. The van der Waals surface area contributed by atoms with Crippen LogP contribution in [0.5, 0.6) is 0 Å². The topological polar surface area (TPSA) is 70.2 Å². The number of halogens is 3. The summed E-state index contributed by atoms with van der Waals surface area (Å²) in [6, 6.07) is 10.9. The molecule has 0 spiro atoms. The van der Waals surface area contributed by atoms with Gasteiger partial charge in [0.2, 0.25) is 12.8 Å². The van der Waals surface area contributed by atoms with Crippen molar-refractivity contribution in [1.29, 1.82) is 0 Å². The molecule has 0 aromatic heterocycles. The van der Waals surface area contributed by atoms with Crippen LogP contribution in [0.15, 0.2) is 36.4 Å². The predicted octanol–water partition coefficient (Wildman–Crippen LogP) is 7.43. The van der Waals surface area contributed by atoms with Crippen LogP contribution in [-0.2, 0) is 9.59 Å². The van der Waals surface area contributed by atoms with Gasteiger partial charge in [0.15, 0.2) is 0 Å². The summed E-state index contributed by atoms with van der Waals surface area (Å²) in [6.07, 6.45) is 13.6. The van der Waals surface area contributed by atoms with Crippen LogP contribution < -0.4 is 16.0 Å². The number of nitrogens with one attached hydrogen (secondary N) is 3. The van der Waals surface area contributed by atoms with Crippen molar-refractivity contribution in [3.05, 3.63) is 63.4 Å². The smallest absolute Gasteiger partial charge is 0.211 e. The molecular formula is C30H40Cl2FN3O2. The molecule has 2 aromatic carbocycles. The minimum Gasteiger partial charge on any atom is -0.356 e. The molecular weight excluding hydrogens is 524 g/mol. The first kappa shape index (κ1) is 30.4. The molecule has 1 heterocycles. The number of rotatable bonds is 6. The summed E-state index contributed by atoms with van der Waals surface area (Å²) in [5, 5.41) is 9.43. The first-order valence-corrected chi connectivity index (χ1v) is 14.5. The summed E-state index contributed by atoms with van der Waals surface area (Å²) in [6.45, 7) is 3.67. The van der Waals surface area contributed by atoms with E-state index in [0.717, 1.165) is 17.9 Å². The Kier molecular flexibility index (Phi) is 12.9. The van der Waals surface area contributed by atoms with E-state index >= 15 is 0 Å². The third kappa shape index (κ3) is 8.96. The Hall–Kier alpha value is -2.15. The Labute approximate surface area is 236 Å². The minimum absolute atomic E-state index is 0.0164. The summed E-state index contributed by atoms with van der Waals surface area (Å²) in [4.78, 5) is 20.8. The van der Waals surface area contributed by atoms with Crippen LogP contribution in [0.25, 0.3) is 0 Å². The van der Waals surface area contributed by atoms with Crippen LogP contribution in [0.1, 0.15) is 87.7 Å². The van der Waals surface area contributed by atoms with E-state index in [1.165, 1.54) is 57.8 Å². The molecule has 2 aromatic rings. The quantitative estimate of drug-likeness (QED) is 0.320. The molecule has 38 heavy (non-hydrogen) atoms. The maximum Gasteiger partial charge on any atom is 0.211 e. The highest BCUT2D eigenvalue weighted by Crippen LogP contribution is 2.41. The molecule has 1 aliphatic heterocycles. The number of hydrogen-bond acceptors (Lipinski definition) is 3. The summed E-state index contributed by atoms with van der Waals surface area (Å²) in [5.41, 5.74) is 2.16. The molecule has 0 radical (unpaired) electrons. The minimum atomic E-state index is -0.383. The van der Waals surface area contributed by atoms with Gasteiger partial charge in [-0.25, -0.2) is 4.39 Å². The van der Waals surface area contributed by atoms with Gasteiger partial charge in [-0.2, -0.15) is 0 Å². The number of anilines is 1. The van der Waals surface area contributed by atoms with Gasteiger partial charge in [0.1, 0.15) is 5.82 Å². The molecule has 3 N–H and O–H groups in total. The lowest BCUT2D eigenvalue weighted by molar-refractivity contribution is -0.110. The molecule has 2 saturated carbocycles. The van der Waals surface area contributed by atoms with E-state index in [4.69, 9.17) is 23.2 Å². The van der Waals surface area contributed by atoms with Crippen molar-refractivity contribution < 1.29 is 14.0 Å². The van der Waals surface area contributed by atoms with E-state index in [-0.39, 0.29) is 22.7 Å². The van der Waals surface area contributed by atoms with E-state index in [9.17, 15) is 14.0 Å². The zero-order valence-electron chi connectivity index (χ0n) is 22.2. The van der Waals surface area contributed by atoms with Crippen molar-refractivity contribution in [3.8, 4) is 0 Å². The molecule has 3 fully saturated rings. The highest BCUT2D eigenvalue weighted by Gasteiger charge is 2.33. The molecule has 2 amide bonds. The maximum absolute atomic E-state index is 14.4. The van der Waals surface area contributed by atoms with Crippen LogP contribution in [0.4, 0.5) is 10.1 Å². The van der Waals surface area contributed by atoms with Crippen molar-refractivity contribution in [2.75, 3.05) is 18.4 Å². The fourth-order valence-electron chi connectivity index (χ4n) is 5.67. The second kappa shape index (κ2) is 16.1. The lowest BCUT2D eigenvalue weighted by atomic mass is 9.83. The third-order valence-electron chi connectivity index (χ3n) is 7.78. The predicted molar refractivity (Wildman–Crippen MR) is 155 cm³/mol. The highest BCUT2D eigenvalue weighted by molar-refractivity contribution is 6.31. The lowest BCUT2D eigenvalue weighted by Gasteiger charge is -2.22. The molecule has 5 nitrogen and oxygen atoms in total. The molecule has 2 aliphatic carbocycles. The monoisotopic (exact) mass is 563 g/mol. The number of hydrogen-bond donors (Lipinski definition) is 3. The number of carbonyl (C=O) groups excluding carboxylic acids is 2. The third-order valence-corrected chi connectivity index (χ3v) is 8.30. The van der Waals surface area contributed by atoms with E-state index in [1.54, 1.807) is 30.3 Å². The average molecular weight is 565 g/mol. The largest absolute Gasteiger partial charge is 0.356 e. The highest BCUT2D eigenvalue weighted by atomic mass is 35.5. The van der Waals surface area contributed by atoms with E-state index in [1.807, 2.05) is 6.07 Å². The van der Waals surface area contributed by atoms with Crippen LogP contribution in [0.3, 0.4) is 0 Å². The van der Waals surface area contributed by atoms with Crippen molar-refractivity contribution in [2.45, 2.75) is 82.6 Å². The lowest BCUT2D eigenvalue weighted by Crippen LogP contribution is -2.29. The average Bonchev–Trinajstić information content (AvgIpc) is 3.60. The van der Waals surface area contributed by atoms with E-state index < -0.39 is 0 Å². The number of benzene rings is 2. The zero-order chi connectivity index (χ0) is 27.3. The van der Waals surface area contributed by atoms with Crippen LogP contribution in [0.2, 0.25) is 10.0 Å².